The summed E-state index contributed by atoms with van der Waals surface area (Å²) in [6.07, 6.45) is 2.84. The van der Waals surface area contributed by atoms with E-state index in [0.29, 0.717) is 11.8 Å². The molecule has 0 spiro atoms. The van der Waals surface area contributed by atoms with Gasteiger partial charge in [0.15, 0.2) is 0 Å². The minimum absolute atomic E-state index is 0.129. The molecule has 3 rings (SSSR count). The Bertz CT molecular complexity index is 502. The highest BCUT2D eigenvalue weighted by Crippen LogP contribution is 2.50. The van der Waals surface area contributed by atoms with Gasteiger partial charge in [0.1, 0.15) is 11.9 Å². The molecule has 0 amide bonds. The summed E-state index contributed by atoms with van der Waals surface area (Å²) in [5.74, 6) is 1.91. The van der Waals surface area contributed by atoms with Crippen molar-refractivity contribution in [3.05, 3.63) is 41.5 Å². The molecule has 1 aromatic rings. The molecule has 0 N–H and O–H groups in total. The number of hydrogen-bond acceptors (Lipinski definition) is 2. The third-order valence-electron chi connectivity index (χ3n) is 4.42. The fourth-order valence-corrected chi connectivity index (χ4v) is 3.31. The Kier molecular flexibility index (Phi) is 3.14. The summed E-state index contributed by atoms with van der Waals surface area (Å²) in [7, 11) is 0. The number of hydrogen-bond donors (Lipinski definition) is 0. The van der Waals surface area contributed by atoms with Crippen molar-refractivity contribution in [3.8, 4) is 5.75 Å². The highest BCUT2D eigenvalue weighted by molar-refractivity contribution is 5.39. The van der Waals surface area contributed by atoms with Gasteiger partial charge in [-0.1, -0.05) is 30.7 Å². The van der Waals surface area contributed by atoms with E-state index in [-0.39, 0.29) is 18.3 Å². The van der Waals surface area contributed by atoms with Crippen LogP contribution in [0.1, 0.15) is 39.4 Å². The summed E-state index contributed by atoms with van der Waals surface area (Å²) >= 11 is 0. The molecule has 1 aromatic carbocycles. The van der Waals surface area contributed by atoms with E-state index in [2.05, 4.69) is 52.0 Å². The molecule has 0 bridgehead atoms. The molecule has 0 aliphatic carbocycles. The van der Waals surface area contributed by atoms with Crippen LogP contribution in [0.4, 0.5) is 0 Å². The number of ether oxygens (including phenoxy) is 2. The minimum Gasteiger partial charge on any atom is -0.486 e. The number of para-hydroxylation sites is 1. The van der Waals surface area contributed by atoms with E-state index in [1.54, 1.807) is 0 Å². The van der Waals surface area contributed by atoms with Gasteiger partial charge in [-0.25, -0.2) is 0 Å². The van der Waals surface area contributed by atoms with E-state index in [9.17, 15) is 0 Å². The van der Waals surface area contributed by atoms with Gasteiger partial charge in [0.05, 0.1) is 12.2 Å². The van der Waals surface area contributed by atoms with Crippen molar-refractivity contribution < 1.29 is 9.47 Å². The minimum atomic E-state index is 0.129. The first-order chi connectivity index (χ1) is 9.08. The van der Waals surface area contributed by atoms with Crippen LogP contribution in [-0.4, -0.2) is 12.2 Å². The Morgan fingerprint density at radius 3 is 2.63 bits per heavy atom. The SMILES string of the molecule is CC(C)=C[C@@H]1Oc2ccccc2[C@@H]2O[C@@H](C)[C@@H](C)[C@@H]12. The van der Waals surface area contributed by atoms with Crippen molar-refractivity contribution in [1.29, 1.82) is 0 Å². The van der Waals surface area contributed by atoms with Gasteiger partial charge in [0.25, 0.3) is 0 Å². The van der Waals surface area contributed by atoms with Gasteiger partial charge in [-0.05, 0) is 38.8 Å². The summed E-state index contributed by atoms with van der Waals surface area (Å²) in [5.41, 5.74) is 2.51. The van der Waals surface area contributed by atoms with Crippen molar-refractivity contribution in [2.75, 3.05) is 0 Å². The second-order valence-electron chi connectivity index (χ2n) is 6.06. The van der Waals surface area contributed by atoms with Crippen molar-refractivity contribution in [3.63, 3.8) is 0 Å². The molecule has 102 valence electrons. The van der Waals surface area contributed by atoms with Gasteiger partial charge in [0, 0.05) is 11.5 Å². The van der Waals surface area contributed by atoms with Crippen LogP contribution in [0.2, 0.25) is 0 Å². The maximum absolute atomic E-state index is 6.22. The molecule has 0 radical (unpaired) electrons. The van der Waals surface area contributed by atoms with Crippen LogP contribution >= 0.6 is 0 Å². The zero-order valence-electron chi connectivity index (χ0n) is 12.1. The normalized spacial score (nSPS) is 36.1. The molecule has 1 fully saturated rings. The molecule has 2 aliphatic heterocycles. The Hall–Kier alpha value is -1.28. The van der Waals surface area contributed by atoms with Crippen molar-refractivity contribution in [2.45, 2.75) is 46.0 Å². The van der Waals surface area contributed by atoms with Crippen LogP contribution in [0.3, 0.4) is 0 Å². The maximum atomic E-state index is 6.22. The van der Waals surface area contributed by atoms with Crippen LogP contribution in [0.5, 0.6) is 5.75 Å². The Morgan fingerprint density at radius 1 is 1.16 bits per heavy atom. The third kappa shape index (κ3) is 2.08. The van der Waals surface area contributed by atoms with Crippen LogP contribution in [0, 0.1) is 11.8 Å². The largest absolute Gasteiger partial charge is 0.486 e. The second kappa shape index (κ2) is 4.68. The molecule has 2 heteroatoms. The van der Waals surface area contributed by atoms with Gasteiger partial charge >= 0.3 is 0 Å². The monoisotopic (exact) mass is 258 g/mol. The Labute approximate surface area is 115 Å². The van der Waals surface area contributed by atoms with Crippen molar-refractivity contribution in [1.82, 2.24) is 0 Å². The molecule has 5 atom stereocenters. The average molecular weight is 258 g/mol. The first kappa shape index (κ1) is 12.7. The van der Waals surface area contributed by atoms with Crippen LogP contribution in [0.15, 0.2) is 35.9 Å². The summed E-state index contributed by atoms with van der Waals surface area (Å²) in [5, 5.41) is 0. The summed E-state index contributed by atoms with van der Waals surface area (Å²) < 4.78 is 12.4. The van der Waals surface area contributed by atoms with Crippen molar-refractivity contribution in [2.24, 2.45) is 11.8 Å². The number of rotatable bonds is 1. The zero-order valence-corrected chi connectivity index (χ0v) is 12.1. The van der Waals surface area contributed by atoms with E-state index in [1.165, 1.54) is 11.1 Å². The fraction of sp³-hybridized carbons (Fsp3) is 0.529. The molecule has 1 saturated heterocycles. The average Bonchev–Trinajstić information content (AvgIpc) is 2.66. The Balaban J connectivity index is 2.05. The first-order valence-corrected chi connectivity index (χ1v) is 7.14. The third-order valence-corrected chi connectivity index (χ3v) is 4.42. The van der Waals surface area contributed by atoms with E-state index in [1.807, 2.05) is 6.07 Å². The van der Waals surface area contributed by atoms with E-state index in [4.69, 9.17) is 9.47 Å². The lowest BCUT2D eigenvalue weighted by Crippen LogP contribution is -2.35. The molecule has 0 unspecified atom stereocenters. The maximum Gasteiger partial charge on any atom is 0.126 e. The van der Waals surface area contributed by atoms with Gasteiger partial charge < -0.3 is 9.47 Å². The molecule has 19 heavy (non-hydrogen) atoms. The molecule has 2 heterocycles. The van der Waals surface area contributed by atoms with E-state index in [0.717, 1.165) is 5.75 Å². The van der Waals surface area contributed by atoms with Gasteiger partial charge in [-0.2, -0.15) is 0 Å². The smallest absolute Gasteiger partial charge is 0.126 e. The summed E-state index contributed by atoms with van der Waals surface area (Å²) in [6, 6.07) is 8.28. The van der Waals surface area contributed by atoms with Crippen molar-refractivity contribution >= 4 is 0 Å². The molecular weight excluding hydrogens is 236 g/mol. The topological polar surface area (TPSA) is 18.5 Å². The lowest BCUT2D eigenvalue weighted by molar-refractivity contribution is 0.0102. The molecular formula is C17H22O2. The van der Waals surface area contributed by atoms with Crippen LogP contribution in [-0.2, 0) is 4.74 Å². The number of allylic oxidation sites excluding steroid dienone is 1. The summed E-state index contributed by atoms with van der Waals surface area (Å²) in [6.45, 7) is 8.70. The molecule has 2 aliphatic rings. The van der Waals surface area contributed by atoms with E-state index >= 15 is 0 Å². The number of fused-ring (bicyclic) bond motifs is 3. The highest BCUT2D eigenvalue weighted by atomic mass is 16.5. The van der Waals surface area contributed by atoms with Gasteiger partial charge in [-0.15, -0.1) is 0 Å². The fourth-order valence-electron chi connectivity index (χ4n) is 3.31. The summed E-state index contributed by atoms with van der Waals surface area (Å²) in [4.78, 5) is 0. The second-order valence-corrected chi connectivity index (χ2v) is 6.06. The first-order valence-electron chi connectivity index (χ1n) is 7.14. The van der Waals surface area contributed by atoms with Crippen LogP contribution in [0.25, 0.3) is 0 Å². The predicted molar refractivity (Wildman–Crippen MR) is 76.2 cm³/mol. The van der Waals surface area contributed by atoms with Gasteiger partial charge in [-0.3, -0.25) is 0 Å². The zero-order chi connectivity index (χ0) is 13.6. The molecule has 0 aromatic heterocycles. The predicted octanol–water partition coefficient (Wildman–Crippen LogP) is 4.13. The highest BCUT2D eigenvalue weighted by Gasteiger charge is 2.48. The lowest BCUT2D eigenvalue weighted by atomic mass is 9.79. The lowest BCUT2D eigenvalue weighted by Gasteiger charge is -2.35. The molecule has 2 nitrogen and oxygen atoms in total. The standard InChI is InChI=1S/C17H22O2/c1-10(2)9-15-16-11(3)12(4)18-17(16)13-7-5-6-8-14(13)19-15/h5-9,11-12,15-17H,1-4H3/t11-,12+,15+,16+,17+/m1/s1. The quantitative estimate of drug-likeness (QED) is 0.705. The number of benzene rings is 1. The Morgan fingerprint density at radius 2 is 1.89 bits per heavy atom. The molecule has 0 saturated carbocycles. The van der Waals surface area contributed by atoms with Gasteiger partial charge in [0.2, 0.25) is 0 Å². The van der Waals surface area contributed by atoms with E-state index < -0.39 is 0 Å². The van der Waals surface area contributed by atoms with Crippen LogP contribution < -0.4 is 4.74 Å².